The van der Waals surface area contributed by atoms with Crippen LogP contribution < -0.4 is 5.32 Å². The van der Waals surface area contributed by atoms with Gasteiger partial charge in [-0.3, -0.25) is 9.59 Å². The number of carbonyl (C=O) groups is 2. The topological polar surface area (TPSA) is 66.4 Å². The Labute approximate surface area is 136 Å². The van der Waals surface area contributed by atoms with Crippen LogP contribution in [-0.2, 0) is 9.59 Å². The molecule has 0 bridgehead atoms. The average Bonchev–Trinajstić information content (AvgIpc) is 3.11. The normalized spacial score (nSPS) is 15.5. The van der Waals surface area contributed by atoms with Crippen molar-refractivity contribution >= 4 is 45.3 Å². The van der Waals surface area contributed by atoms with Gasteiger partial charge in [0, 0.05) is 10.2 Å². The summed E-state index contributed by atoms with van der Waals surface area (Å²) in [7, 11) is 0. The number of carboxylic acid groups (broad SMARTS) is 1. The predicted molar refractivity (Wildman–Crippen MR) is 88.8 cm³/mol. The van der Waals surface area contributed by atoms with E-state index in [1.165, 1.54) is 11.8 Å². The third-order valence-electron chi connectivity index (χ3n) is 3.59. The van der Waals surface area contributed by atoms with Crippen molar-refractivity contribution in [3.8, 4) is 0 Å². The van der Waals surface area contributed by atoms with Gasteiger partial charge in [0.2, 0.25) is 5.91 Å². The molecule has 114 valence electrons. The number of aryl methyl sites for hydroxylation is 1. The van der Waals surface area contributed by atoms with Gasteiger partial charge in [0.25, 0.3) is 0 Å². The molecule has 1 amide bonds. The first-order chi connectivity index (χ1) is 9.90. The monoisotopic (exact) mass is 371 g/mol. The minimum atomic E-state index is -0.747. The molecule has 21 heavy (non-hydrogen) atoms. The van der Waals surface area contributed by atoms with Crippen LogP contribution in [0.15, 0.2) is 22.7 Å². The van der Waals surface area contributed by atoms with Crippen LogP contribution in [0.4, 0.5) is 5.69 Å². The van der Waals surface area contributed by atoms with Crippen LogP contribution in [0.3, 0.4) is 0 Å². The fourth-order valence-electron chi connectivity index (χ4n) is 2.18. The maximum atomic E-state index is 11.9. The summed E-state index contributed by atoms with van der Waals surface area (Å²) in [6, 6.07) is 5.71. The number of hydrogen-bond acceptors (Lipinski definition) is 3. The number of aliphatic carboxylic acids is 1. The maximum absolute atomic E-state index is 11.9. The molecule has 2 rings (SSSR count). The van der Waals surface area contributed by atoms with Crippen molar-refractivity contribution in [2.75, 3.05) is 16.8 Å². The van der Waals surface area contributed by atoms with Gasteiger partial charge in [-0.1, -0.05) is 15.9 Å². The zero-order valence-electron chi connectivity index (χ0n) is 11.8. The van der Waals surface area contributed by atoms with Gasteiger partial charge in [0.15, 0.2) is 0 Å². The number of amides is 1. The van der Waals surface area contributed by atoms with Gasteiger partial charge in [-0.25, -0.2) is 0 Å². The highest BCUT2D eigenvalue weighted by atomic mass is 79.9. The summed E-state index contributed by atoms with van der Waals surface area (Å²) in [5.74, 6) is 0.308. The number of rotatable bonds is 7. The van der Waals surface area contributed by atoms with Crippen LogP contribution in [-0.4, -0.2) is 28.5 Å². The first-order valence-corrected chi connectivity index (χ1v) is 8.71. The van der Waals surface area contributed by atoms with Crippen molar-refractivity contribution in [3.05, 3.63) is 28.2 Å². The van der Waals surface area contributed by atoms with E-state index in [2.05, 4.69) is 21.2 Å². The molecule has 1 aliphatic rings. The Kier molecular flexibility index (Phi) is 5.32. The molecule has 2 N–H and O–H groups in total. The lowest BCUT2D eigenvalue weighted by molar-refractivity contribution is -0.138. The lowest BCUT2D eigenvalue weighted by atomic mass is 10.1. The Morgan fingerprint density at radius 2 is 2.14 bits per heavy atom. The van der Waals surface area contributed by atoms with Crippen molar-refractivity contribution in [1.29, 1.82) is 0 Å². The summed E-state index contributed by atoms with van der Waals surface area (Å²) in [5, 5.41) is 11.7. The minimum Gasteiger partial charge on any atom is -0.481 e. The lowest BCUT2D eigenvalue weighted by Crippen LogP contribution is -2.17. The Balaban J connectivity index is 1.76. The number of anilines is 1. The average molecular weight is 372 g/mol. The molecule has 1 aromatic rings. The highest BCUT2D eigenvalue weighted by Gasteiger charge is 2.44. The van der Waals surface area contributed by atoms with Crippen molar-refractivity contribution in [2.45, 2.75) is 26.2 Å². The van der Waals surface area contributed by atoms with Gasteiger partial charge in [-0.2, -0.15) is 11.8 Å². The number of halogens is 1. The van der Waals surface area contributed by atoms with E-state index in [1.807, 2.05) is 25.1 Å². The standard InChI is InChI=1S/C15H18BrNO3S/c1-10-6-11(16)2-3-12(10)17-13(18)8-21-9-15(4-5-15)7-14(19)20/h2-3,6H,4-5,7-9H2,1H3,(H,17,18)(H,19,20). The van der Waals surface area contributed by atoms with E-state index in [-0.39, 0.29) is 17.7 Å². The summed E-state index contributed by atoms with van der Waals surface area (Å²) >= 11 is 4.90. The molecule has 0 unspecified atom stereocenters. The summed E-state index contributed by atoms with van der Waals surface area (Å²) in [6.45, 7) is 1.94. The molecule has 0 spiro atoms. The molecule has 1 aromatic carbocycles. The fourth-order valence-corrected chi connectivity index (χ4v) is 3.84. The molecule has 4 nitrogen and oxygen atoms in total. The molecule has 1 saturated carbocycles. The zero-order chi connectivity index (χ0) is 15.5. The van der Waals surface area contributed by atoms with Crippen molar-refractivity contribution in [2.24, 2.45) is 5.41 Å². The molecule has 1 fully saturated rings. The van der Waals surface area contributed by atoms with Crippen LogP contribution in [0.5, 0.6) is 0 Å². The van der Waals surface area contributed by atoms with Gasteiger partial charge in [-0.15, -0.1) is 0 Å². The number of nitrogens with one attached hydrogen (secondary N) is 1. The third kappa shape index (κ3) is 5.04. The van der Waals surface area contributed by atoms with Gasteiger partial charge in [-0.05, 0) is 54.7 Å². The number of hydrogen-bond donors (Lipinski definition) is 2. The molecular weight excluding hydrogens is 354 g/mol. The van der Waals surface area contributed by atoms with E-state index in [0.717, 1.165) is 34.3 Å². The number of benzene rings is 1. The van der Waals surface area contributed by atoms with Crippen LogP contribution in [0, 0.1) is 12.3 Å². The molecular formula is C15H18BrNO3S. The lowest BCUT2D eigenvalue weighted by Gasteiger charge is -2.12. The quantitative estimate of drug-likeness (QED) is 0.766. The second kappa shape index (κ2) is 6.83. The molecule has 6 heteroatoms. The van der Waals surface area contributed by atoms with Gasteiger partial charge < -0.3 is 10.4 Å². The summed E-state index contributed by atoms with van der Waals surface area (Å²) in [5.41, 5.74) is 1.76. The second-order valence-corrected chi connectivity index (χ2v) is 7.47. The summed E-state index contributed by atoms with van der Waals surface area (Å²) in [4.78, 5) is 22.7. The Morgan fingerprint density at radius 1 is 1.43 bits per heavy atom. The van der Waals surface area contributed by atoms with E-state index in [9.17, 15) is 9.59 Å². The molecule has 0 aromatic heterocycles. The van der Waals surface area contributed by atoms with Crippen LogP contribution in [0.2, 0.25) is 0 Å². The summed E-state index contributed by atoms with van der Waals surface area (Å²) in [6.07, 6.45) is 2.13. The van der Waals surface area contributed by atoms with E-state index in [0.29, 0.717) is 5.75 Å². The van der Waals surface area contributed by atoms with E-state index < -0.39 is 5.97 Å². The third-order valence-corrected chi connectivity index (χ3v) is 5.36. The number of carboxylic acids is 1. The molecule has 0 radical (unpaired) electrons. The van der Waals surface area contributed by atoms with Crippen LogP contribution in [0.25, 0.3) is 0 Å². The SMILES string of the molecule is Cc1cc(Br)ccc1NC(=O)CSCC1(CC(=O)O)CC1. The minimum absolute atomic E-state index is 0.0449. The first kappa shape index (κ1) is 16.4. The summed E-state index contributed by atoms with van der Waals surface area (Å²) < 4.78 is 0.983. The first-order valence-electron chi connectivity index (χ1n) is 6.76. The molecule has 0 aliphatic heterocycles. The smallest absolute Gasteiger partial charge is 0.303 e. The predicted octanol–water partition coefficient (Wildman–Crippen LogP) is 3.68. The highest BCUT2D eigenvalue weighted by Crippen LogP contribution is 2.50. The fraction of sp³-hybridized carbons (Fsp3) is 0.467. The molecule has 0 atom stereocenters. The number of thioether (sulfide) groups is 1. The Bertz CT molecular complexity index is 558. The largest absolute Gasteiger partial charge is 0.481 e. The van der Waals surface area contributed by atoms with Gasteiger partial charge >= 0.3 is 5.97 Å². The Hall–Kier alpha value is -1.01. The second-order valence-electron chi connectivity index (χ2n) is 5.57. The van der Waals surface area contributed by atoms with E-state index in [1.54, 1.807) is 0 Å². The van der Waals surface area contributed by atoms with E-state index in [4.69, 9.17) is 5.11 Å². The van der Waals surface area contributed by atoms with Gasteiger partial charge in [0.1, 0.15) is 0 Å². The zero-order valence-corrected chi connectivity index (χ0v) is 14.2. The molecule has 0 heterocycles. The van der Waals surface area contributed by atoms with Crippen molar-refractivity contribution in [3.63, 3.8) is 0 Å². The molecule has 0 saturated heterocycles. The van der Waals surface area contributed by atoms with Gasteiger partial charge in [0.05, 0.1) is 12.2 Å². The highest BCUT2D eigenvalue weighted by molar-refractivity contribution is 9.10. The van der Waals surface area contributed by atoms with Crippen molar-refractivity contribution < 1.29 is 14.7 Å². The Morgan fingerprint density at radius 3 is 2.71 bits per heavy atom. The molecule has 1 aliphatic carbocycles. The van der Waals surface area contributed by atoms with Crippen molar-refractivity contribution in [1.82, 2.24) is 0 Å². The van der Waals surface area contributed by atoms with Crippen LogP contribution >= 0.6 is 27.7 Å². The maximum Gasteiger partial charge on any atom is 0.303 e. The van der Waals surface area contributed by atoms with Crippen LogP contribution in [0.1, 0.15) is 24.8 Å². The van der Waals surface area contributed by atoms with E-state index >= 15 is 0 Å². The number of carbonyl (C=O) groups excluding carboxylic acids is 1.